The van der Waals surface area contributed by atoms with Crippen LogP contribution >= 0.6 is 0 Å². The maximum Gasteiger partial charge on any atom is 0.0674 e. The molecule has 0 aliphatic carbocycles. The Morgan fingerprint density at radius 2 is 1.95 bits per heavy atom. The molecule has 1 rings (SSSR count). The van der Waals surface area contributed by atoms with Crippen LogP contribution in [0, 0.1) is 5.92 Å². The smallest absolute Gasteiger partial charge is 0.0674 e. The van der Waals surface area contributed by atoms with Crippen LogP contribution in [0.15, 0.2) is 0 Å². The standard InChI is InChI=1S/C16H34N2O/c1-8-14-11-19-13(4)10-18(14)15(12(2)3)9-17-16(5,6)7/h12-15,17H,8-11H2,1-7H3. The monoisotopic (exact) mass is 270 g/mol. The molecule has 1 N–H and O–H groups in total. The summed E-state index contributed by atoms with van der Waals surface area (Å²) in [6.07, 6.45) is 1.53. The fourth-order valence-corrected chi connectivity index (χ4v) is 2.77. The summed E-state index contributed by atoms with van der Waals surface area (Å²) in [6, 6.07) is 1.17. The first-order valence-corrected chi connectivity index (χ1v) is 7.87. The third-order valence-electron chi connectivity index (χ3n) is 4.02. The molecule has 114 valence electrons. The Bertz CT molecular complexity index is 260. The lowest BCUT2D eigenvalue weighted by molar-refractivity contribution is -0.0794. The molecule has 1 aliphatic heterocycles. The molecule has 0 aromatic carbocycles. The molecule has 0 amide bonds. The molecular weight excluding hydrogens is 236 g/mol. The summed E-state index contributed by atoms with van der Waals surface area (Å²) in [6.45, 7) is 18.9. The zero-order valence-electron chi connectivity index (χ0n) is 14.0. The molecule has 0 aromatic heterocycles. The molecule has 19 heavy (non-hydrogen) atoms. The molecule has 1 heterocycles. The van der Waals surface area contributed by atoms with Gasteiger partial charge in [-0.25, -0.2) is 0 Å². The molecular formula is C16H34N2O. The third kappa shape index (κ3) is 5.41. The summed E-state index contributed by atoms with van der Waals surface area (Å²) in [5, 5.41) is 3.68. The summed E-state index contributed by atoms with van der Waals surface area (Å²) in [5.74, 6) is 0.661. The molecule has 0 saturated carbocycles. The van der Waals surface area contributed by atoms with Gasteiger partial charge in [0, 0.05) is 30.7 Å². The Morgan fingerprint density at radius 3 is 2.42 bits per heavy atom. The second-order valence-corrected chi connectivity index (χ2v) is 7.35. The Labute approximate surface area is 120 Å². The van der Waals surface area contributed by atoms with Gasteiger partial charge in [-0.05, 0) is 40.0 Å². The van der Waals surface area contributed by atoms with Gasteiger partial charge in [-0.3, -0.25) is 4.90 Å². The van der Waals surface area contributed by atoms with Crippen molar-refractivity contribution < 1.29 is 4.74 Å². The summed E-state index contributed by atoms with van der Waals surface area (Å²) in [4.78, 5) is 2.68. The highest BCUT2D eigenvalue weighted by atomic mass is 16.5. The molecule has 0 radical (unpaired) electrons. The van der Waals surface area contributed by atoms with Crippen molar-refractivity contribution in [2.24, 2.45) is 5.92 Å². The van der Waals surface area contributed by atoms with E-state index in [1.807, 2.05) is 0 Å². The van der Waals surface area contributed by atoms with E-state index in [1.54, 1.807) is 0 Å². The Morgan fingerprint density at radius 1 is 1.32 bits per heavy atom. The van der Waals surface area contributed by atoms with E-state index in [1.165, 1.54) is 6.42 Å². The van der Waals surface area contributed by atoms with Crippen LogP contribution in [0.25, 0.3) is 0 Å². The molecule has 1 fully saturated rings. The largest absolute Gasteiger partial charge is 0.376 e. The van der Waals surface area contributed by atoms with E-state index in [0.717, 1.165) is 19.7 Å². The average molecular weight is 270 g/mol. The van der Waals surface area contributed by atoms with Crippen LogP contribution in [0.5, 0.6) is 0 Å². The van der Waals surface area contributed by atoms with E-state index < -0.39 is 0 Å². The summed E-state index contributed by atoms with van der Waals surface area (Å²) >= 11 is 0. The van der Waals surface area contributed by atoms with Crippen LogP contribution in [0.4, 0.5) is 0 Å². The van der Waals surface area contributed by atoms with Crippen LogP contribution in [0.2, 0.25) is 0 Å². The molecule has 0 bridgehead atoms. The second kappa shape index (κ2) is 7.05. The van der Waals surface area contributed by atoms with Crippen molar-refractivity contribution in [3.05, 3.63) is 0 Å². The van der Waals surface area contributed by atoms with Crippen LogP contribution in [-0.2, 0) is 4.74 Å². The van der Waals surface area contributed by atoms with Crippen molar-refractivity contribution in [2.75, 3.05) is 19.7 Å². The zero-order chi connectivity index (χ0) is 14.6. The van der Waals surface area contributed by atoms with Crippen molar-refractivity contribution in [1.29, 1.82) is 0 Å². The second-order valence-electron chi connectivity index (χ2n) is 7.35. The zero-order valence-corrected chi connectivity index (χ0v) is 14.0. The number of nitrogens with one attached hydrogen (secondary N) is 1. The van der Waals surface area contributed by atoms with Gasteiger partial charge in [0.25, 0.3) is 0 Å². The number of morpholine rings is 1. The molecule has 3 nitrogen and oxygen atoms in total. The van der Waals surface area contributed by atoms with E-state index >= 15 is 0 Å². The van der Waals surface area contributed by atoms with E-state index in [9.17, 15) is 0 Å². The first kappa shape index (κ1) is 16.9. The Kier molecular flexibility index (Phi) is 6.28. The normalized spacial score (nSPS) is 27.8. The van der Waals surface area contributed by atoms with Gasteiger partial charge in [-0.2, -0.15) is 0 Å². The van der Waals surface area contributed by atoms with Crippen LogP contribution in [0.1, 0.15) is 54.9 Å². The first-order valence-electron chi connectivity index (χ1n) is 7.87. The predicted octanol–water partition coefficient (Wildman–Crippen LogP) is 2.90. The van der Waals surface area contributed by atoms with E-state index in [2.05, 4.69) is 58.7 Å². The van der Waals surface area contributed by atoms with Gasteiger partial charge in [-0.1, -0.05) is 20.8 Å². The molecule has 0 spiro atoms. The lowest BCUT2D eigenvalue weighted by Crippen LogP contribution is -2.58. The lowest BCUT2D eigenvalue weighted by atomic mass is 9.96. The number of hydrogen-bond acceptors (Lipinski definition) is 3. The Balaban J connectivity index is 2.72. The highest BCUT2D eigenvalue weighted by Gasteiger charge is 2.33. The van der Waals surface area contributed by atoms with Crippen molar-refractivity contribution in [3.63, 3.8) is 0 Å². The number of nitrogens with zero attached hydrogens (tertiary/aromatic N) is 1. The van der Waals surface area contributed by atoms with Crippen molar-refractivity contribution in [2.45, 2.75) is 78.6 Å². The number of rotatable bonds is 5. The minimum absolute atomic E-state index is 0.187. The maximum absolute atomic E-state index is 5.82. The summed E-state index contributed by atoms with van der Waals surface area (Å²) < 4.78 is 5.82. The van der Waals surface area contributed by atoms with Gasteiger partial charge >= 0.3 is 0 Å². The molecule has 3 unspecified atom stereocenters. The van der Waals surface area contributed by atoms with Gasteiger partial charge in [-0.15, -0.1) is 0 Å². The first-order chi connectivity index (χ1) is 8.74. The maximum atomic E-state index is 5.82. The van der Waals surface area contributed by atoms with E-state index in [-0.39, 0.29) is 5.54 Å². The van der Waals surface area contributed by atoms with Crippen LogP contribution in [-0.4, -0.2) is 48.3 Å². The van der Waals surface area contributed by atoms with Gasteiger partial charge in [0.1, 0.15) is 0 Å². The fourth-order valence-electron chi connectivity index (χ4n) is 2.77. The number of hydrogen-bond donors (Lipinski definition) is 1. The van der Waals surface area contributed by atoms with Crippen LogP contribution < -0.4 is 5.32 Å². The van der Waals surface area contributed by atoms with Crippen LogP contribution in [0.3, 0.4) is 0 Å². The highest BCUT2D eigenvalue weighted by Crippen LogP contribution is 2.22. The van der Waals surface area contributed by atoms with Gasteiger partial charge in [0.05, 0.1) is 12.7 Å². The predicted molar refractivity (Wildman–Crippen MR) is 82.6 cm³/mol. The third-order valence-corrected chi connectivity index (χ3v) is 4.02. The van der Waals surface area contributed by atoms with Crippen molar-refractivity contribution in [1.82, 2.24) is 10.2 Å². The fraction of sp³-hybridized carbons (Fsp3) is 1.00. The minimum Gasteiger partial charge on any atom is -0.376 e. The van der Waals surface area contributed by atoms with Crippen molar-refractivity contribution >= 4 is 0 Å². The molecule has 3 heteroatoms. The Hall–Kier alpha value is -0.120. The lowest BCUT2D eigenvalue weighted by Gasteiger charge is -2.45. The van der Waals surface area contributed by atoms with E-state index in [4.69, 9.17) is 4.74 Å². The van der Waals surface area contributed by atoms with Gasteiger partial charge in [0.15, 0.2) is 0 Å². The molecule has 3 atom stereocenters. The number of ether oxygens (including phenoxy) is 1. The highest BCUT2D eigenvalue weighted by molar-refractivity contribution is 4.88. The van der Waals surface area contributed by atoms with Gasteiger partial charge in [0.2, 0.25) is 0 Å². The van der Waals surface area contributed by atoms with E-state index in [0.29, 0.717) is 24.1 Å². The summed E-state index contributed by atoms with van der Waals surface area (Å²) in [5.41, 5.74) is 0.187. The average Bonchev–Trinajstić information content (AvgIpc) is 2.27. The SMILES string of the molecule is CCC1COC(C)CN1C(CNC(C)(C)C)C(C)C. The minimum atomic E-state index is 0.187. The topological polar surface area (TPSA) is 24.5 Å². The molecule has 1 aliphatic rings. The van der Waals surface area contributed by atoms with Crippen molar-refractivity contribution in [3.8, 4) is 0 Å². The summed E-state index contributed by atoms with van der Waals surface area (Å²) in [7, 11) is 0. The quantitative estimate of drug-likeness (QED) is 0.831. The molecule has 1 saturated heterocycles. The van der Waals surface area contributed by atoms with Gasteiger partial charge < -0.3 is 10.1 Å². The molecule has 0 aromatic rings.